The number of esters is 2. The zero-order valence-corrected chi connectivity index (χ0v) is 65.9. The monoisotopic (exact) mass is 1420 g/mol. The zero-order valence-electron chi connectivity index (χ0n) is 65.9. The van der Waals surface area contributed by atoms with Gasteiger partial charge in [-0.25, -0.2) is 4.79 Å². The maximum atomic E-state index is 13.0. The van der Waals surface area contributed by atoms with Crippen molar-refractivity contribution in [1.29, 1.82) is 0 Å². The smallest absolute Gasteiger partial charge is 0.361 e. The number of allylic oxidation sites excluding steroid dienone is 38. The minimum atomic E-state index is -1.53. The molecule has 0 bridgehead atoms. The molecule has 0 amide bonds. The number of carboxylic acids is 1. The van der Waals surface area contributed by atoms with E-state index >= 15 is 0 Å². The van der Waals surface area contributed by atoms with Crippen LogP contribution in [0.3, 0.4) is 0 Å². The van der Waals surface area contributed by atoms with Crippen molar-refractivity contribution in [3.05, 3.63) is 231 Å². The highest BCUT2D eigenvalue weighted by molar-refractivity contribution is 5.71. The molecule has 0 aromatic heterocycles. The second-order valence-corrected chi connectivity index (χ2v) is 27.3. The third-order valence-electron chi connectivity index (χ3n) is 16.4. The highest BCUT2D eigenvalue weighted by atomic mass is 16.7. The number of carbonyl (C=O) groups is 3. The molecule has 2 unspecified atom stereocenters. The van der Waals surface area contributed by atoms with Gasteiger partial charge in [-0.2, -0.15) is 0 Å². The fraction of sp³-hybridized carbons (Fsp3) is 0.564. The van der Waals surface area contributed by atoms with Crippen LogP contribution in [0.4, 0.5) is 0 Å². The van der Waals surface area contributed by atoms with Crippen molar-refractivity contribution in [1.82, 2.24) is 0 Å². The van der Waals surface area contributed by atoms with Crippen molar-refractivity contribution in [2.75, 3.05) is 47.5 Å². The summed E-state index contributed by atoms with van der Waals surface area (Å²) >= 11 is 0. The lowest BCUT2D eigenvalue weighted by Gasteiger charge is -2.25. The summed E-state index contributed by atoms with van der Waals surface area (Å²) in [6, 6.07) is 0. The number of aliphatic carboxylic acids is 1. The van der Waals surface area contributed by atoms with Gasteiger partial charge in [-0.3, -0.25) is 9.59 Å². The molecule has 2 atom stereocenters. The minimum Gasteiger partial charge on any atom is -0.477 e. The number of hydrogen-bond donors (Lipinski definition) is 1. The van der Waals surface area contributed by atoms with Crippen LogP contribution in [0.2, 0.25) is 0 Å². The quantitative estimate of drug-likeness (QED) is 0.0211. The molecule has 0 heterocycles. The number of likely N-dealkylation sites (N-methyl/N-ethyl adjacent to an activating group) is 1. The maximum absolute atomic E-state index is 13.0. The Hall–Kier alpha value is -6.65. The summed E-state index contributed by atoms with van der Waals surface area (Å²) in [6.45, 7) is 4.61. The van der Waals surface area contributed by atoms with E-state index in [-0.39, 0.29) is 38.6 Å². The van der Waals surface area contributed by atoms with Gasteiger partial charge in [-0.1, -0.05) is 341 Å². The molecule has 0 aliphatic heterocycles. The standard InChI is InChI=1S/C94H147NO8/c1-6-8-10-12-14-16-18-20-22-24-26-28-30-32-34-36-38-40-42-44-46-48-50-52-54-56-58-60-62-64-66-68-70-72-74-76-78-80-82-84-91(96)101-88-90(89-102-94(93(98)99)100-87-86-95(3,4)5)103-92(97)85-83-81-79-77-75-73-71-69-67-65-63-61-59-57-55-53-51-49-47-45-43-41-39-37-35-33-31-29-27-25-23-21-19-17-15-13-11-9-7-2/h8-11,14-17,20-23,26-29,32-35,38-41,44-47,50-53,57,59,63,65,69,71,90,94H,6-7,12-13,18-19,24-25,30-31,36-37,42-43,48-49,54-56,58,60-62,64,66-68,70,72-89H2,1-5H3/p+1/b10-8-,11-9-,16-14-,17-15-,22-20-,23-21-,28-26-,29-27-,34-32-,35-33-,40-38-,41-39-,46-44-,47-45-,52-50-,53-51-,59-57-,65-63-,71-69-. The molecule has 9 nitrogen and oxygen atoms in total. The molecule has 9 heteroatoms. The van der Waals surface area contributed by atoms with Crippen LogP contribution < -0.4 is 0 Å². The number of nitrogens with zero attached hydrogens (tertiary/aromatic N) is 1. The van der Waals surface area contributed by atoms with E-state index in [4.69, 9.17) is 18.9 Å². The number of hydrogen-bond acceptors (Lipinski definition) is 7. The van der Waals surface area contributed by atoms with Crippen molar-refractivity contribution in [3.8, 4) is 0 Å². The molecule has 1 N–H and O–H groups in total. The lowest BCUT2D eigenvalue weighted by Crippen LogP contribution is -2.40. The van der Waals surface area contributed by atoms with Crippen LogP contribution in [-0.2, 0) is 33.3 Å². The molecule has 0 saturated carbocycles. The van der Waals surface area contributed by atoms with Crippen LogP contribution in [0.5, 0.6) is 0 Å². The molecule has 103 heavy (non-hydrogen) atoms. The highest BCUT2D eigenvalue weighted by Crippen LogP contribution is 2.16. The first-order valence-electron chi connectivity index (χ1n) is 40.5. The predicted molar refractivity (Wildman–Crippen MR) is 446 cm³/mol. The molecule has 0 aromatic rings. The van der Waals surface area contributed by atoms with Gasteiger partial charge >= 0.3 is 17.9 Å². The lowest BCUT2D eigenvalue weighted by molar-refractivity contribution is -0.870. The third-order valence-corrected chi connectivity index (χ3v) is 16.4. The number of ether oxygens (including phenoxy) is 4. The molecule has 0 radical (unpaired) electrons. The molecule has 0 rings (SSSR count). The van der Waals surface area contributed by atoms with Gasteiger partial charge in [0.2, 0.25) is 0 Å². The Morgan fingerprint density at radius 1 is 0.291 bits per heavy atom. The summed E-state index contributed by atoms with van der Waals surface area (Å²) in [5, 5.41) is 9.78. The molecular formula is C94H148NO8+. The Kier molecular flexibility index (Phi) is 75.8. The van der Waals surface area contributed by atoms with Gasteiger partial charge in [0.15, 0.2) is 6.10 Å². The van der Waals surface area contributed by atoms with Gasteiger partial charge < -0.3 is 28.5 Å². The van der Waals surface area contributed by atoms with Gasteiger partial charge in [0, 0.05) is 12.8 Å². The van der Waals surface area contributed by atoms with Gasteiger partial charge in [0.1, 0.15) is 13.2 Å². The Bertz CT molecular complexity index is 2560. The predicted octanol–water partition coefficient (Wildman–Crippen LogP) is 26.6. The molecule has 0 fully saturated rings. The summed E-state index contributed by atoms with van der Waals surface area (Å²) in [5.74, 6) is -2.05. The zero-order chi connectivity index (χ0) is 74.6. The summed E-state index contributed by atoms with van der Waals surface area (Å²) in [7, 11) is 5.96. The van der Waals surface area contributed by atoms with Crippen molar-refractivity contribution in [2.24, 2.45) is 0 Å². The second kappa shape index (κ2) is 81.0. The number of carbonyl (C=O) groups excluding carboxylic acids is 2. The van der Waals surface area contributed by atoms with E-state index in [1.54, 1.807) is 0 Å². The first-order chi connectivity index (χ1) is 50.6. The first kappa shape index (κ1) is 96.4. The fourth-order valence-electron chi connectivity index (χ4n) is 10.3. The maximum Gasteiger partial charge on any atom is 0.361 e. The number of carboxylic acid groups (broad SMARTS) is 1. The third kappa shape index (κ3) is 82.5. The first-order valence-corrected chi connectivity index (χ1v) is 40.5. The largest absolute Gasteiger partial charge is 0.477 e. The molecule has 0 aromatic carbocycles. The second-order valence-electron chi connectivity index (χ2n) is 27.3. The van der Waals surface area contributed by atoms with E-state index < -0.39 is 24.3 Å². The Balaban J connectivity index is 4.17. The summed E-state index contributed by atoms with van der Waals surface area (Å²) < 4.78 is 23.0. The summed E-state index contributed by atoms with van der Waals surface area (Å²) in [4.78, 5) is 37.8. The van der Waals surface area contributed by atoms with Gasteiger partial charge in [-0.15, -0.1) is 0 Å². The minimum absolute atomic E-state index is 0.172. The molecule has 576 valence electrons. The highest BCUT2D eigenvalue weighted by Gasteiger charge is 2.25. The van der Waals surface area contributed by atoms with Crippen LogP contribution >= 0.6 is 0 Å². The van der Waals surface area contributed by atoms with Gasteiger partial charge in [-0.05, 0) is 161 Å². The van der Waals surface area contributed by atoms with Crippen molar-refractivity contribution in [3.63, 3.8) is 0 Å². The van der Waals surface area contributed by atoms with Gasteiger partial charge in [0.25, 0.3) is 6.29 Å². The van der Waals surface area contributed by atoms with Crippen LogP contribution in [0.15, 0.2) is 231 Å². The van der Waals surface area contributed by atoms with E-state index in [0.717, 1.165) is 173 Å². The average molecular weight is 1420 g/mol. The summed E-state index contributed by atoms with van der Waals surface area (Å²) in [6.07, 6.45) is 126. The molecule has 0 aliphatic carbocycles. The van der Waals surface area contributed by atoms with Crippen LogP contribution in [-0.4, -0.2) is 87.4 Å². The Labute approximate surface area is 631 Å². The normalized spacial score (nSPS) is 13.9. The Morgan fingerprint density at radius 3 is 0.777 bits per heavy atom. The van der Waals surface area contributed by atoms with Crippen LogP contribution in [0.25, 0.3) is 0 Å². The topological polar surface area (TPSA) is 108 Å². The van der Waals surface area contributed by atoms with Gasteiger partial charge in [0.05, 0.1) is 34.4 Å². The van der Waals surface area contributed by atoms with E-state index in [1.165, 1.54) is 77.0 Å². The average Bonchev–Trinajstić information content (AvgIpc) is 0.985. The SMILES string of the molecule is CC/C=C\C/C=C\C/C=C\C/C=C\C/C=C\C/C=C\C/C=C\C/C=C\C/C=C\C/C=C\C/C=C\CCCCCCCC(=O)OC(COC(=O)CCCCCCCCCCCCCCCC/C=C\C/C=C\C/C=C\C/C=C\C/C=C\C/C=C\C/C=C\C/C=C\CC)COC(OCC[N+](C)(C)C)C(=O)O. The van der Waals surface area contributed by atoms with Crippen molar-refractivity contribution >= 4 is 17.9 Å². The van der Waals surface area contributed by atoms with Crippen molar-refractivity contribution in [2.45, 2.75) is 296 Å². The number of quaternary nitrogens is 1. The molecule has 0 aliphatic rings. The van der Waals surface area contributed by atoms with Crippen molar-refractivity contribution < 1.29 is 42.9 Å². The molecule has 0 saturated heterocycles. The van der Waals surface area contributed by atoms with E-state index in [0.29, 0.717) is 17.4 Å². The van der Waals surface area contributed by atoms with E-state index in [1.807, 2.05) is 21.1 Å². The van der Waals surface area contributed by atoms with E-state index in [9.17, 15) is 19.5 Å². The van der Waals surface area contributed by atoms with E-state index in [2.05, 4.69) is 245 Å². The Morgan fingerprint density at radius 2 is 0.524 bits per heavy atom. The number of rotatable bonds is 72. The fourth-order valence-corrected chi connectivity index (χ4v) is 10.3. The summed E-state index contributed by atoms with van der Waals surface area (Å²) in [5.41, 5.74) is 0. The van der Waals surface area contributed by atoms with Crippen LogP contribution in [0, 0.1) is 0 Å². The molecule has 0 spiro atoms. The number of unbranched alkanes of at least 4 members (excludes halogenated alkanes) is 19. The molecular weight excluding hydrogens is 1270 g/mol. The van der Waals surface area contributed by atoms with Crippen LogP contribution in [0.1, 0.15) is 284 Å². The lowest BCUT2D eigenvalue weighted by atomic mass is 10.0.